The first-order valence-corrected chi connectivity index (χ1v) is 10.4. The molecule has 3 rings (SSSR count). The molecule has 1 aliphatic rings. The van der Waals surface area contributed by atoms with Crippen molar-refractivity contribution in [1.29, 1.82) is 0 Å². The molecule has 0 saturated carbocycles. The largest absolute Gasteiger partial charge is 0.465 e. The zero-order valence-electron chi connectivity index (χ0n) is 17.6. The molecule has 160 valence electrons. The van der Waals surface area contributed by atoms with Gasteiger partial charge in [-0.2, -0.15) is 0 Å². The van der Waals surface area contributed by atoms with Gasteiger partial charge in [0.25, 0.3) is 5.91 Å². The molecule has 1 aromatic heterocycles. The second-order valence-electron chi connectivity index (χ2n) is 7.85. The molecular weight excluding hydrogens is 382 g/mol. The molecule has 1 aliphatic heterocycles. The molecule has 7 heteroatoms. The molecule has 2 heterocycles. The SMILES string of the molecule is CC(=O)Nc1ccc(C(=O)N2CCCC(CCC(=O)NCc3ccc(C)o3)C2)cc1. The normalized spacial score (nSPS) is 16.2. The van der Waals surface area contributed by atoms with Gasteiger partial charge in [-0.3, -0.25) is 14.4 Å². The maximum Gasteiger partial charge on any atom is 0.253 e. The molecule has 1 saturated heterocycles. The van der Waals surface area contributed by atoms with E-state index in [-0.39, 0.29) is 17.7 Å². The quantitative estimate of drug-likeness (QED) is 0.729. The number of anilines is 1. The zero-order valence-corrected chi connectivity index (χ0v) is 17.6. The molecule has 0 radical (unpaired) electrons. The number of hydrogen-bond acceptors (Lipinski definition) is 4. The van der Waals surface area contributed by atoms with E-state index in [0.29, 0.717) is 36.7 Å². The first-order valence-electron chi connectivity index (χ1n) is 10.4. The van der Waals surface area contributed by atoms with Crippen molar-refractivity contribution in [2.45, 2.75) is 46.1 Å². The van der Waals surface area contributed by atoms with Crippen LogP contribution in [0.15, 0.2) is 40.8 Å². The molecule has 3 amide bonds. The summed E-state index contributed by atoms with van der Waals surface area (Å²) in [7, 11) is 0. The van der Waals surface area contributed by atoms with Crippen molar-refractivity contribution in [3.05, 3.63) is 53.5 Å². The molecule has 1 unspecified atom stereocenters. The summed E-state index contributed by atoms with van der Waals surface area (Å²) < 4.78 is 5.46. The monoisotopic (exact) mass is 411 g/mol. The van der Waals surface area contributed by atoms with Crippen LogP contribution in [0.25, 0.3) is 0 Å². The minimum absolute atomic E-state index is 0.000984. The lowest BCUT2D eigenvalue weighted by Crippen LogP contribution is -2.40. The van der Waals surface area contributed by atoms with Crippen molar-refractivity contribution in [3.8, 4) is 0 Å². The van der Waals surface area contributed by atoms with Crippen molar-refractivity contribution in [1.82, 2.24) is 10.2 Å². The van der Waals surface area contributed by atoms with Gasteiger partial charge in [-0.25, -0.2) is 0 Å². The van der Waals surface area contributed by atoms with Gasteiger partial charge in [0.15, 0.2) is 0 Å². The van der Waals surface area contributed by atoms with E-state index in [0.717, 1.165) is 37.3 Å². The molecule has 1 atom stereocenters. The van der Waals surface area contributed by atoms with Crippen LogP contribution in [0, 0.1) is 12.8 Å². The van der Waals surface area contributed by atoms with Crippen LogP contribution in [0.5, 0.6) is 0 Å². The molecular formula is C23H29N3O4. The third-order valence-electron chi connectivity index (χ3n) is 5.29. The number of carbonyl (C=O) groups excluding carboxylic acids is 3. The molecule has 30 heavy (non-hydrogen) atoms. The third-order valence-corrected chi connectivity index (χ3v) is 5.29. The minimum atomic E-state index is -0.142. The van der Waals surface area contributed by atoms with Gasteiger partial charge >= 0.3 is 0 Å². The Balaban J connectivity index is 1.45. The maximum atomic E-state index is 12.8. The number of rotatable bonds is 7. The number of nitrogens with one attached hydrogen (secondary N) is 2. The highest BCUT2D eigenvalue weighted by Gasteiger charge is 2.25. The summed E-state index contributed by atoms with van der Waals surface area (Å²) in [5.41, 5.74) is 1.28. The van der Waals surface area contributed by atoms with Gasteiger partial charge in [0, 0.05) is 37.7 Å². The molecule has 2 N–H and O–H groups in total. The van der Waals surface area contributed by atoms with Gasteiger partial charge < -0.3 is 20.0 Å². The Kier molecular flexibility index (Phi) is 7.27. The van der Waals surface area contributed by atoms with Crippen LogP contribution in [0.3, 0.4) is 0 Å². The van der Waals surface area contributed by atoms with Crippen molar-refractivity contribution < 1.29 is 18.8 Å². The Morgan fingerprint density at radius 1 is 1.13 bits per heavy atom. The molecule has 1 aromatic carbocycles. The highest BCUT2D eigenvalue weighted by Crippen LogP contribution is 2.23. The third kappa shape index (κ3) is 6.20. The number of likely N-dealkylation sites (tertiary alicyclic amines) is 1. The summed E-state index contributed by atoms with van der Waals surface area (Å²) >= 11 is 0. The average molecular weight is 412 g/mol. The maximum absolute atomic E-state index is 12.8. The van der Waals surface area contributed by atoms with Crippen LogP contribution < -0.4 is 10.6 Å². The van der Waals surface area contributed by atoms with Crippen LogP contribution in [0.1, 0.15) is 54.5 Å². The van der Waals surface area contributed by atoms with E-state index >= 15 is 0 Å². The van der Waals surface area contributed by atoms with E-state index in [4.69, 9.17) is 4.42 Å². The minimum Gasteiger partial charge on any atom is -0.465 e. The van der Waals surface area contributed by atoms with Crippen molar-refractivity contribution in [3.63, 3.8) is 0 Å². The van der Waals surface area contributed by atoms with Crippen LogP contribution in [-0.4, -0.2) is 35.7 Å². The summed E-state index contributed by atoms with van der Waals surface area (Å²) in [4.78, 5) is 38.0. The predicted octanol–water partition coefficient (Wildman–Crippen LogP) is 3.50. The fourth-order valence-electron chi connectivity index (χ4n) is 3.76. The Labute approximate surface area is 176 Å². The van der Waals surface area contributed by atoms with Crippen LogP contribution >= 0.6 is 0 Å². The van der Waals surface area contributed by atoms with Crippen LogP contribution in [0.4, 0.5) is 5.69 Å². The highest BCUT2D eigenvalue weighted by atomic mass is 16.3. The Hall–Kier alpha value is -3.09. The first kappa shape index (κ1) is 21.6. The lowest BCUT2D eigenvalue weighted by atomic mass is 9.92. The topological polar surface area (TPSA) is 91.7 Å². The van der Waals surface area contributed by atoms with Crippen LogP contribution in [0.2, 0.25) is 0 Å². The van der Waals surface area contributed by atoms with Gasteiger partial charge in [-0.05, 0) is 68.5 Å². The number of piperidine rings is 1. The molecule has 1 fully saturated rings. The van der Waals surface area contributed by atoms with E-state index in [1.807, 2.05) is 24.0 Å². The van der Waals surface area contributed by atoms with Gasteiger partial charge in [0.05, 0.1) is 6.54 Å². The second-order valence-corrected chi connectivity index (χ2v) is 7.85. The van der Waals surface area contributed by atoms with Gasteiger partial charge in [-0.1, -0.05) is 0 Å². The average Bonchev–Trinajstić information content (AvgIpc) is 3.16. The van der Waals surface area contributed by atoms with E-state index < -0.39 is 0 Å². The fourth-order valence-corrected chi connectivity index (χ4v) is 3.76. The predicted molar refractivity (Wildman–Crippen MR) is 114 cm³/mol. The lowest BCUT2D eigenvalue weighted by molar-refractivity contribution is -0.121. The Bertz CT molecular complexity index is 888. The highest BCUT2D eigenvalue weighted by molar-refractivity contribution is 5.95. The van der Waals surface area contributed by atoms with Gasteiger partial charge in [0.2, 0.25) is 11.8 Å². The van der Waals surface area contributed by atoms with E-state index in [1.54, 1.807) is 24.3 Å². The number of nitrogens with zero attached hydrogens (tertiary/aromatic N) is 1. The summed E-state index contributed by atoms with van der Waals surface area (Å²) in [6.45, 7) is 5.12. The molecule has 7 nitrogen and oxygen atoms in total. The first-order chi connectivity index (χ1) is 14.4. The summed E-state index contributed by atoms with van der Waals surface area (Å²) in [5, 5.41) is 5.59. The molecule has 0 bridgehead atoms. The van der Waals surface area contributed by atoms with Gasteiger partial charge in [0.1, 0.15) is 11.5 Å². The van der Waals surface area contributed by atoms with Crippen molar-refractivity contribution in [2.75, 3.05) is 18.4 Å². The summed E-state index contributed by atoms with van der Waals surface area (Å²) in [5.74, 6) is 1.75. The number of hydrogen-bond donors (Lipinski definition) is 2. The number of amides is 3. The zero-order chi connectivity index (χ0) is 21.5. The molecule has 0 spiro atoms. The van der Waals surface area contributed by atoms with Crippen molar-refractivity contribution in [2.24, 2.45) is 5.92 Å². The van der Waals surface area contributed by atoms with Crippen molar-refractivity contribution >= 4 is 23.4 Å². The fraction of sp³-hybridized carbons (Fsp3) is 0.435. The standard InChI is InChI=1S/C23H29N3O4/c1-16-5-11-21(30-16)14-24-22(28)12-6-18-4-3-13-26(15-18)23(29)19-7-9-20(10-8-19)25-17(2)27/h5,7-11,18H,3-4,6,12-15H2,1-2H3,(H,24,28)(H,25,27). The van der Waals surface area contributed by atoms with E-state index in [2.05, 4.69) is 10.6 Å². The second kappa shape index (κ2) is 10.1. The Morgan fingerprint density at radius 3 is 2.57 bits per heavy atom. The number of carbonyl (C=O) groups is 3. The molecule has 2 aromatic rings. The Morgan fingerprint density at radius 2 is 1.90 bits per heavy atom. The van der Waals surface area contributed by atoms with Crippen LogP contribution in [-0.2, 0) is 16.1 Å². The summed E-state index contributed by atoms with van der Waals surface area (Å²) in [6, 6.07) is 10.7. The van der Waals surface area contributed by atoms with E-state index in [1.165, 1.54) is 6.92 Å². The number of benzene rings is 1. The number of furan rings is 1. The number of aryl methyl sites for hydroxylation is 1. The summed E-state index contributed by atoms with van der Waals surface area (Å²) in [6.07, 6.45) is 3.16. The van der Waals surface area contributed by atoms with Gasteiger partial charge in [-0.15, -0.1) is 0 Å². The smallest absolute Gasteiger partial charge is 0.253 e. The lowest BCUT2D eigenvalue weighted by Gasteiger charge is -2.33. The molecule has 0 aliphatic carbocycles. The van der Waals surface area contributed by atoms with E-state index in [9.17, 15) is 14.4 Å².